The SMILES string of the molecule is CSc1nc2c(F)c(-c3c(C)c(Cl)cc4c3cnn4C3CCCCO3)c(Cl)cc2c2c1nnn2[C@H]1CCN(C(=O)OC(C)(C)C)[C@H](CC#N)C1. The number of ether oxygens (including phenoxy) is 2. The van der Waals surface area contributed by atoms with Crippen molar-refractivity contribution in [2.24, 2.45) is 0 Å². The largest absolute Gasteiger partial charge is 0.444 e. The van der Waals surface area contributed by atoms with Crippen molar-refractivity contribution < 1.29 is 18.7 Å². The molecular formula is C35H37Cl2FN8O3S. The molecule has 3 atom stereocenters. The van der Waals surface area contributed by atoms with Gasteiger partial charge in [0.25, 0.3) is 0 Å². The van der Waals surface area contributed by atoms with Gasteiger partial charge in [0.1, 0.15) is 27.2 Å². The van der Waals surface area contributed by atoms with E-state index in [2.05, 4.69) is 21.5 Å². The summed E-state index contributed by atoms with van der Waals surface area (Å²) in [6, 6.07) is 5.15. The third kappa shape index (κ3) is 6.04. The number of hydrogen-bond acceptors (Lipinski definition) is 9. The van der Waals surface area contributed by atoms with Gasteiger partial charge in [0.15, 0.2) is 12.0 Å². The molecule has 5 heterocycles. The number of carbonyl (C=O) groups is 1. The fourth-order valence-corrected chi connectivity index (χ4v) is 8.20. The lowest BCUT2D eigenvalue weighted by Crippen LogP contribution is -2.48. The number of piperidine rings is 1. The third-order valence-corrected chi connectivity index (χ3v) is 10.9. The Bertz CT molecular complexity index is 2190. The average Bonchev–Trinajstić information content (AvgIpc) is 3.71. The highest BCUT2D eigenvalue weighted by Gasteiger charge is 2.37. The quantitative estimate of drug-likeness (QED) is 0.163. The van der Waals surface area contributed by atoms with Crippen LogP contribution in [0.25, 0.3) is 44.0 Å². The van der Waals surface area contributed by atoms with Gasteiger partial charge in [0.2, 0.25) is 0 Å². The van der Waals surface area contributed by atoms with Gasteiger partial charge in [-0.3, -0.25) is 0 Å². The number of aromatic nitrogens is 6. The number of carbonyl (C=O) groups excluding carboxylic acids is 1. The summed E-state index contributed by atoms with van der Waals surface area (Å²) in [7, 11) is 0. The molecule has 5 aromatic rings. The van der Waals surface area contributed by atoms with Gasteiger partial charge in [-0.25, -0.2) is 23.5 Å². The molecule has 0 radical (unpaired) electrons. The molecule has 0 aliphatic carbocycles. The van der Waals surface area contributed by atoms with E-state index < -0.39 is 23.6 Å². The molecule has 50 heavy (non-hydrogen) atoms. The predicted octanol–water partition coefficient (Wildman–Crippen LogP) is 9.03. The molecule has 7 rings (SSSR count). The van der Waals surface area contributed by atoms with Crippen molar-refractivity contribution in [3.63, 3.8) is 0 Å². The number of rotatable bonds is 5. The van der Waals surface area contributed by atoms with E-state index in [1.807, 2.05) is 44.7 Å². The molecule has 2 aromatic carbocycles. The number of fused-ring (bicyclic) bond motifs is 4. The summed E-state index contributed by atoms with van der Waals surface area (Å²) in [5.41, 5.74) is 2.70. The molecule has 0 bridgehead atoms. The molecule has 11 nitrogen and oxygen atoms in total. The lowest BCUT2D eigenvalue weighted by molar-refractivity contribution is -0.0366. The Hall–Kier alpha value is -3.70. The molecule has 1 amide bonds. The van der Waals surface area contributed by atoms with Gasteiger partial charge in [-0.1, -0.05) is 28.4 Å². The minimum Gasteiger partial charge on any atom is -0.444 e. The van der Waals surface area contributed by atoms with Crippen LogP contribution < -0.4 is 0 Å². The van der Waals surface area contributed by atoms with Crippen LogP contribution >= 0.6 is 35.0 Å². The van der Waals surface area contributed by atoms with Crippen molar-refractivity contribution in [3.8, 4) is 17.2 Å². The number of thioether (sulfide) groups is 1. The minimum atomic E-state index is -0.671. The average molecular weight is 740 g/mol. The summed E-state index contributed by atoms with van der Waals surface area (Å²) in [6.07, 6.45) is 6.81. The van der Waals surface area contributed by atoms with Gasteiger partial charge in [-0.15, -0.1) is 16.9 Å². The van der Waals surface area contributed by atoms with Gasteiger partial charge in [-0.05, 0) is 83.8 Å². The van der Waals surface area contributed by atoms with Crippen molar-refractivity contribution in [1.29, 1.82) is 5.26 Å². The van der Waals surface area contributed by atoms with Gasteiger partial charge in [-0.2, -0.15) is 10.4 Å². The molecule has 15 heteroatoms. The van der Waals surface area contributed by atoms with Gasteiger partial charge < -0.3 is 14.4 Å². The number of amides is 1. The van der Waals surface area contributed by atoms with Crippen LogP contribution in [-0.4, -0.2) is 71.8 Å². The van der Waals surface area contributed by atoms with Crippen molar-refractivity contribution in [2.75, 3.05) is 19.4 Å². The molecule has 262 valence electrons. The molecule has 0 saturated carbocycles. The molecule has 2 saturated heterocycles. The second kappa shape index (κ2) is 13.5. The van der Waals surface area contributed by atoms with Crippen LogP contribution in [-0.2, 0) is 9.47 Å². The van der Waals surface area contributed by atoms with Gasteiger partial charge in [0.05, 0.1) is 41.3 Å². The maximum atomic E-state index is 17.2. The van der Waals surface area contributed by atoms with E-state index in [9.17, 15) is 10.1 Å². The molecule has 0 spiro atoms. The van der Waals surface area contributed by atoms with E-state index in [0.29, 0.717) is 69.0 Å². The maximum Gasteiger partial charge on any atom is 0.410 e. The van der Waals surface area contributed by atoms with Crippen molar-refractivity contribution >= 4 is 73.9 Å². The molecule has 2 aliphatic rings. The highest BCUT2D eigenvalue weighted by molar-refractivity contribution is 7.98. The first-order chi connectivity index (χ1) is 23.9. The van der Waals surface area contributed by atoms with E-state index in [4.69, 9.17) is 37.7 Å². The summed E-state index contributed by atoms with van der Waals surface area (Å²) in [5, 5.41) is 25.7. The number of benzene rings is 2. The van der Waals surface area contributed by atoms with E-state index in [1.54, 1.807) is 21.8 Å². The minimum absolute atomic E-state index is 0.125. The summed E-state index contributed by atoms with van der Waals surface area (Å²) in [5.74, 6) is -0.590. The van der Waals surface area contributed by atoms with Gasteiger partial charge in [0, 0.05) is 40.1 Å². The summed E-state index contributed by atoms with van der Waals surface area (Å²) < 4.78 is 32.4. The van der Waals surface area contributed by atoms with E-state index >= 15 is 4.39 Å². The van der Waals surface area contributed by atoms with Crippen LogP contribution in [0, 0.1) is 24.1 Å². The van der Waals surface area contributed by atoms with Crippen molar-refractivity contribution in [1.82, 2.24) is 34.7 Å². The Kier molecular flexibility index (Phi) is 9.34. The first-order valence-corrected chi connectivity index (χ1v) is 18.6. The lowest BCUT2D eigenvalue weighted by atomic mass is 9.94. The number of likely N-dealkylation sites (tertiary alicyclic amines) is 1. The maximum absolute atomic E-state index is 17.2. The van der Waals surface area contributed by atoms with Crippen molar-refractivity contribution in [3.05, 3.63) is 39.8 Å². The number of hydrogen-bond donors (Lipinski definition) is 0. The molecule has 0 N–H and O–H groups in total. The van der Waals surface area contributed by atoms with Crippen LogP contribution in [0.5, 0.6) is 0 Å². The summed E-state index contributed by atoms with van der Waals surface area (Å²) in [4.78, 5) is 19.4. The molecule has 1 unspecified atom stereocenters. The van der Waals surface area contributed by atoms with Crippen LogP contribution in [0.3, 0.4) is 0 Å². The van der Waals surface area contributed by atoms with Crippen LogP contribution in [0.1, 0.15) is 77.1 Å². The third-order valence-electron chi connectivity index (χ3n) is 9.52. The van der Waals surface area contributed by atoms with Crippen LogP contribution in [0.2, 0.25) is 10.0 Å². The molecule has 2 fully saturated rings. The summed E-state index contributed by atoms with van der Waals surface area (Å²) in [6.45, 7) is 8.28. The van der Waals surface area contributed by atoms with E-state index in [1.165, 1.54) is 11.8 Å². The Balaban J connectivity index is 1.36. The fraction of sp³-hybridized carbons (Fsp3) is 0.486. The zero-order chi connectivity index (χ0) is 35.5. The standard InChI is InChI=1S/C35H37Cl2FN8O3S/c1-18-23(36)16-25-22(17-40-46(25)26-8-6-7-13-48-26)27(18)28-24(37)15-21-30(29(28)38)41-33(50-5)31-32(21)45(43-42-31)20-10-12-44(19(14-20)9-11-39)34(47)49-35(2,3)4/h15-17,19-20,26H,6-10,12-14H2,1-5H3/t19-,20+,26?/m1/s1. The zero-order valence-corrected chi connectivity index (χ0v) is 30.8. The van der Waals surface area contributed by atoms with E-state index in [0.717, 1.165) is 24.8 Å². The Morgan fingerprint density at radius 1 is 1.14 bits per heavy atom. The first-order valence-electron chi connectivity index (χ1n) is 16.7. The lowest BCUT2D eigenvalue weighted by Gasteiger charge is -2.39. The highest BCUT2D eigenvalue weighted by atomic mass is 35.5. The Morgan fingerprint density at radius 2 is 1.94 bits per heavy atom. The second-order valence-corrected chi connectivity index (χ2v) is 15.5. The normalized spacial score (nSPS) is 20.1. The molecule has 3 aromatic heterocycles. The second-order valence-electron chi connectivity index (χ2n) is 13.9. The zero-order valence-electron chi connectivity index (χ0n) is 28.5. The number of nitriles is 1. The number of nitrogens with zero attached hydrogens (tertiary/aromatic N) is 8. The Morgan fingerprint density at radius 3 is 2.64 bits per heavy atom. The first kappa shape index (κ1) is 34.7. The Labute approximate surface area is 303 Å². The number of pyridine rings is 1. The predicted molar refractivity (Wildman–Crippen MR) is 192 cm³/mol. The molecular weight excluding hydrogens is 702 g/mol. The topological polar surface area (TPSA) is 124 Å². The monoisotopic (exact) mass is 738 g/mol. The van der Waals surface area contributed by atoms with Crippen molar-refractivity contribution in [2.45, 2.75) is 95.2 Å². The number of halogens is 3. The van der Waals surface area contributed by atoms with Crippen LogP contribution in [0.15, 0.2) is 23.4 Å². The highest BCUT2D eigenvalue weighted by Crippen LogP contribution is 2.45. The summed E-state index contributed by atoms with van der Waals surface area (Å²) >= 11 is 15.2. The smallest absolute Gasteiger partial charge is 0.410 e. The van der Waals surface area contributed by atoms with Crippen LogP contribution in [0.4, 0.5) is 9.18 Å². The molecule has 2 aliphatic heterocycles. The fourth-order valence-electron chi connectivity index (χ4n) is 7.21. The van der Waals surface area contributed by atoms with Gasteiger partial charge >= 0.3 is 6.09 Å². The van der Waals surface area contributed by atoms with E-state index in [-0.39, 0.29) is 34.8 Å².